The van der Waals surface area contributed by atoms with Crippen molar-refractivity contribution in [2.24, 2.45) is 0 Å². The number of rotatable bonds is 12. The highest BCUT2D eigenvalue weighted by Gasteiger charge is 2.46. The lowest BCUT2D eigenvalue weighted by molar-refractivity contribution is 1.28. The maximum Gasteiger partial charge on any atom is 0.180 e. The van der Waals surface area contributed by atoms with Crippen molar-refractivity contribution in [3.63, 3.8) is 0 Å². The predicted octanol–water partition coefficient (Wildman–Crippen LogP) is 17.2. The summed E-state index contributed by atoms with van der Waals surface area (Å²) in [5.41, 5.74) is 18.4. The Balaban J connectivity index is 1.06. The zero-order valence-corrected chi connectivity index (χ0v) is 43.6. The van der Waals surface area contributed by atoms with E-state index in [1.54, 1.807) is 0 Å². The van der Waals surface area contributed by atoms with Gasteiger partial charge in [-0.1, -0.05) is 267 Å². The average molecular weight is 999 g/mol. The molecule has 12 aromatic carbocycles. The fourth-order valence-electron chi connectivity index (χ4n) is 11.6. The molecule has 1 aliphatic rings. The lowest BCUT2D eigenvalue weighted by Gasteiger charge is -2.38. The van der Waals surface area contributed by atoms with E-state index in [0.29, 0.717) is 0 Å². The van der Waals surface area contributed by atoms with Crippen molar-refractivity contribution in [3.8, 4) is 44.5 Å². The summed E-state index contributed by atoms with van der Waals surface area (Å²) in [5.74, 6) is 0. The third kappa shape index (κ3) is 8.89. The van der Waals surface area contributed by atoms with Crippen molar-refractivity contribution < 1.29 is 0 Å². The Labute approximate surface area is 453 Å². The predicted molar refractivity (Wildman–Crippen MR) is 330 cm³/mol. The smallest absolute Gasteiger partial charge is 0.180 e. The lowest BCUT2D eigenvalue weighted by atomic mass is 10.0. The Morgan fingerprint density at radius 2 is 0.429 bits per heavy atom. The quantitative estimate of drug-likeness (QED) is 0.113. The molecule has 0 unspecified atom stereocenters. The first-order valence-corrected chi connectivity index (χ1v) is 28.5. The van der Waals surface area contributed by atoms with Crippen LogP contribution >= 0.6 is 0 Å². The molecule has 0 aromatic heterocycles. The summed E-state index contributed by atoms with van der Waals surface area (Å²) in [6.07, 6.45) is 4.85. The van der Waals surface area contributed by atoms with Crippen molar-refractivity contribution in [1.82, 2.24) is 0 Å². The van der Waals surface area contributed by atoms with Gasteiger partial charge in [-0.05, 0) is 137 Å². The van der Waals surface area contributed by atoms with Crippen LogP contribution < -0.4 is 30.5 Å². The first kappa shape index (κ1) is 46.9. The Morgan fingerprint density at radius 1 is 0.195 bits per heavy atom. The van der Waals surface area contributed by atoms with Gasteiger partial charge in [0.1, 0.15) is 0 Å². The molecule has 12 aromatic rings. The number of hydrogen-bond acceptors (Lipinski definition) is 2. The molecule has 1 aliphatic heterocycles. The molecule has 0 saturated heterocycles. The minimum Gasteiger partial charge on any atom is -0.310 e. The number of hydrogen-bond donors (Lipinski definition) is 0. The molecule has 0 bridgehead atoms. The Kier molecular flexibility index (Phi) is 12.7. The van der Waals surface area contributed by atoms with Gasteiger partial charge in [-0.3, -0.25) is 0 Å². The molecule has 1 heterocycles. The van der Waals surface area contributed by atoms with Crippen molar-refractivity contribution in [2.45, 2.75) is 0 Å². The van der Waals surface area contributed by atoms with Crippen LogP contribution in [0.15, 0.2) is 315 Å². The minimum atomic E-state index is -3.21. The molecule has 0 N–H and O–H groups in total. The average Bonchev–Trinajstić information content (AvgIpc) is 3.90. The van der Waals surface area contributed by atoms with Gasteiger partial charge in [0.15, 0.2) is 8.07 Å². The van der Waals surface area contributed by atoms with Crippen molar-refractivity contribution in [3.05, 3.63) is 327 Å². The highest BCUT2D eigenvalue weighted by atomic mass is 28.3. The molecule has 0 radical (unpaired) electrons. The summed E-state index contributed by atoms with van der Waals surface area (Å²) < 4.78 is 0. The fraction of sp³-hybridized carbons (Fsp3) is 0. The van der Waals surface area contributed by atoms with Crippen LogP contribution in [-0.4, -0.2) is 8.07 Å². The topological polar surface area (TPSA) is 6.48 Å². The van der Waals surface area contributed by atoms with Crippen LogP contribution in [0.25, 0.3) is 56.7 Å². The molecule has 0 spiro atoms. The highest BCUT2D eigenvalue weighted by Crippen LogP contribution is 2.43. The number of anilines is 6. The molecule has 3 heteroatoms. The van der Waals surface area contributed by atoms with Crippen LogP contribution in [-0.2, 0) is 0 Å². The summed E-state index contributed by atoms with van der Waals surface area (Å²) in [4.78, 5) is 4.93. The SMILES string of the molecule is C1=Cc2c(N(c3ccc(-c4ccccc4)cc3)c3ccc(-c4ccccc4)cc3)cccc2[Si](c2ccccc2)(c2ccccc2)c2cccc(N(c3ccc(-c4ccccc4)cc3)c3ccc(-c4ccccc4)cc3)c21. The monoisotopic (exact) mass is 998 g/mol. The maximum atomic E-state index is 2.47. The molecular formula is C74H54N2Si. The van der Waals surface area contributed by atoms with E-state index in [4.69, 9.17) is 0 Å². The van der Waals surface area contributed by atoms with Crippen molar-refractivity contribution in [1.29, 1.82) is 0 Å². The van der Waals surface area contributed by atoms with Gasteiger partial charge in [0.05, 0.1) is 11.4 Å². The second kappa shape index (κ2) is 20.8. The number of benzene rings is 12. The van der Waals surface area contributed by atoms with E-state index in [1.807, 2.05) is 0 Å². The van der Waals surface area contributed by atoms with Gasteiger partial charge in [-0.15, -0.1) is 0 Å². The lowest BCUT2D eigenvalue weighted by Crippen LogP contribution is -2.75. The van der Waals surface area contributed by atoms with Gasteiger partial charge in [-0.25, -0.2) is 0 Å². The molecule has 364 valence electrons. The molecular weight excluding hydrogens is 945 g/mol. The van der Waals surface area contributed by atoms with Gasteiger partial charge in [0.2, 0.25) is 0 Å². The van der Waals surface area contributed by atoms with Crippen LogP contribution in [0.3, 0.4) is 0 Å². The molecule has 0 atom stereocenters. The number of fused-ring (bicyclic) bond motifs is 2. The third-order valence-electron chi connectivity index (χ3n) is 15.2. The van der Waals surface area contributed by atoms with Crippen LogP contribution in [0.4, 0.5) is 34.1 Å². The van der Waals surface area contributed by atoms with Gasteiger partial charge >= 0.3 is 0 Å². The van der Waals surface area contributed by atoms with E-state index < -0.39 is 8.07 Å². The first-order chi connectivity index (χ1) is 38.2. The van der Waals surface area contributed by atoms with Gasteiger partial charge in [-0.2, -0.15) is 0 Å². The second-order valence-electron chi connectivity index (χ2n) is 19.6. The standard InChI is InChI=1S/C74H54N2Si/c1-7-21-55(22-8-1)59-37-45-63(46-38-59)75(64-47-39-60(40-48-64)56-23-9-2-10-24-56)71-33-19-35-73-69(71)53-54-70-72(34-20-36-74(70)77(73,67-29-15-5-16-30-67)68-31-17-6-18-32-68)76(65-49-41-61(42-50-65)57-25-11-3-12-26-57)66-51-43-62(44-52-66)58-27-13-4-14-28-58/h1-54H. The molecule has 0 amide bonds. The molecule has 77 heavy (non-hydrogen) atoms. The Bertz CT molecular complexity index is 3530. The van der Waals surface area contributed by atoms with Crippen LogP contribution in [0, 0.1) is 0 Å². The summed E-state index contributed by atoms with van der Waals surface area (Å²) in [6.45, 7) is 0. The normalized spacial score (nSPS) is 12.2. The van der Waals surface area contributed by atoms with E-state index in [1.165, 1.54) is 76.4 Å². The zero-order chi connectivity index (χ0) is 51.4. The minimum absolute atomic E-state index is 1.08. The fourth-order valence-corrected chi connectivity index (χ4v) is 16.7. The van der Waals surface area contributed by atoms with E-state index in [2.05, 4.69) is 337 Å². The first-order valence-electron chi connectivity index (χ1n) is 26.5. The molecule has 2 nitrogen and oxygen atoms in total. The third-order valence-corrected chi connectivity index (χ3v) is 20.1. The van der Waals surface area contributed by atoms with Gasteiger partial charge in [0, 0.05) is 22.7 Å². The summed E-state index contributed by atoms with van der Waals surface area (Å²) >= 11 is 0. The van der Waals surface area contributed by atoms with E-state index in [-0.39, 0.29) is 0 Å². The van der Waals surface area contributed by atoms with Gasteiger partial charge in [0.25, 0.3) is 0 Å². The Morgan fingerprint density at radius 3 is 0.688 bits per heavy atom. The zero-order valence-electron chi connectivity index (χ0n) is 42.6. The summed E-state index contributed by atoms with van der Waals surface area (Å²) in [6, 6.07) is 116. The van der Waals surface area contributed by atoms with Crippen LogP contribution in [0.1, 0.15) is 11.1 Å². The number of nitrogens with zero attached hydrogens (tertiary/aromatic N) is 2. The Hall–Kier alpha value is -9.80. The summed E-state index contributed by atoms with van der Waals surface area (Å²) in [7, 11) is -3.21. The maximum absolute atomic E-state index is 3.21. The van der Waals surface area contributed by atoms with E-state index in [9.17, 15) is 0 Å². The summed E-state index contributed by atoms with van der Waals surface area (Å²) in [5, 5.41) is 5.31. The van der Waals surface area contributed by atoms with Crippen molar-refractivity contribution in [2.75, 3.05) is 9.80 Å². The second-order valence-corrected chi connectivity index (χ2v) is 23.3. The largest absolute Gasteiger partial charge is 0.310 e. The van der Waals surface area contributed by atoms with Crippen LogP contribution in [0.2, 0.25) is 0 Å². The van der Waals surface area contributed by atoms with E-state index >= 15 is 0 Å². The highest BCUT2D eigenvalue weighted by molar-refractivity contribution is 7.20. The molecule has 0 saturated carbocycles. The van der Waals surface area contributed by atoms with E-state index in [0.717, 1.165) is 34.1 Å². The van der Waals surface area contributed by atoms with Crippen LogP contribution in [0.5, 0.6) is 0 Å². The van der Waals surface area contributed by atoms with Gasteiger partial charge < -0.3 is 9.80 Å². The van der Waals surface area contributed by atoms with Crippen molar-refractivity contribution >= 4 is 75.1 Å². The molecule has 0 fully saturated rings. The molecule has 0 aliphatic carbocycles. The molecule has 13 rings (SSSR count).